The second-order valence-electron chi connectivity index (χ2n) is 5.83. The maximum Gasteiger partial charge on any atom is 0.274 e. The van der Waals surface area contributed by atoms with E-state index in [1.165, 1.54) is 46.0 Å². The first-order valence-corrected chi connectivity index (χ1v) is 8.34. The number of rotatable bonds is 6. The number of carbonyl (C=O) groups excluding carboxylic acids is 1. The molecule has 2 aromatic carbocycles. The Morgan fingerprint density at radius 1 is 1.07 bits per heavy atom. The summed E-state index contributed by atoms with van der Waals surface area (Å²) >= 11 is 0. The van der Waals surface area contributed by atoms with E-state index in [-0.39, 0.29) is 29.6 Å². The highest BCUT2D eigenvalue weighted by atomic mass is 19.1. The van der Waals surface area contributed by atoms with Gasteiger partial charge in [0.05, 0.1) is 12.2 Å². The van der Waals surface area contributed by atoms with E-state index >= 15 is 0 Å². The van der Waals surface area contributed by atoms with Crippen LogP contribution in [0.1, 0.15) is 10.5 Å². The van der Waals surface area contributed by atoms with Gasteiger partial charge >= 0.3 is 0 Å². The summed E-state index contributed by atoms with van der Waals surface area (Å²) in [6.07, 6.45) is 0. The van der Waals surface area contributed by atoms with Crippen molar-refractivity contribution in [3.05, 3.63) is 88.6 Å². The van der Waals surface area contributed by atoms with Gasteiger partial charge in [-0.1, -0.05) is 18.2 Å². The third-order valence-corrected chi connectivity index (χ3v) is 3.88. The van der Waals surface area contributed by atoms with Gasteiger partial charge in [-0.3, -0.25) is 9.59 Å². The number of carbonyl (C=O) groups is 1. The molecule has 3 rings (SSSR count). The molecule has 138 valence electrons. The highest BCUT2D eigenvalue weighted by Crippen LogP contribution is 2.11. The van der Waals surface area contributed by atoms with Crippen LogP contribution in [0.3, 0.4) is 0 Å². The molecule has 0 radical (unpaired) electrons. The van der Waals surface area contributed by atoms with Crippen LogP contribution in [0, 0.1) is 5.82 Å². The number of likely N-dealkylation sites (N-methyl/N-ethyl adjacent to an activating group) is 1. The molecule has 0 N–H and O–H groups in total. The third kappa shape index (κ3) is 4.58. The zero-order chi connectivity index (χ0) is 19.2. The van der Waals surface area contributed by atoms with Gasteiger partial charge in [-0.25, -0.2) is 4.39 Å². The van der Waals surface area contributed by atoms with Gasteiger partial charge in [0.25, 0.3) is 11.5 Å². The molecule has 0 aliphatic carbocycles. The number of benzene rings is 2. The molecule has 1 heterocycles. The number of hydrogen-bond donors (Lipinski definition) is 0. The summed E-state index contributed by atoms with van der Waals surface area (Å²) in [5.41, 5.74) is 0.419. The van der Waals surface area contributed by atoms with Crippen molar-refractivity contribution in [1.82, 2.24) is 14.7 Å². The fourth-order valence-corrected chi connectivity index (χ4v) is 2.41. The van der Waals surface area contributed by atoms with Gasteiger partial charge in [0.2, 0.25) is 0 Å². The van der Waals surface area contributed by atoms with Crippen molar-refractivity contribution in [2.75, 3.05) is 20.2 Å². The first-order chi connectivity index (χ1) is 13.0. The SMILES string of the molecule is CN(CCOc1ccc(F)cc1)C(=O)c1ccc(=O)n(-c2ccccc2)n1. The fraction of sp³-hybridized carbons (Fsp3) is 0.150. The van der Waals surface area contributed by atoms with Crippen LogP contribution >= 0.6 is 0 Å². The van der Waals surface area contributed by atoms with Crippen molar-refractivity contribution in [3.63, 3.8) is 0 Å². The summed E-state index contributed by atoms with van der Waals surface area (Å²) in [6.45, 7) is 0.550. The van der Waals surface area contributed by atoms with Crippen molar-refractivity contribution in [2.45, 2.75) is 0 Å². The summed E-state index contributed by atoms with van der Waals surface area (Å²) in [7, 11) is 1.62. The zero-order valence-corrected chi connectivity index (χ0v) is 14.7. The number of aromatic nitrogens is 2. The molecule has 6 nitrogen and oxygen atoms in total. The molecule has 0 spiro atoms. The Morgan fingerprint density at radius 3 is 2.48 bits per heavy atom. The van der Waals surface area contributed by atoms with Crippen molar-refractivity contribution in [3.8, 4) is 11.4 Å². The quantitative estimate of drug-likeness (QED) is 0.672. The van der Waals surface area contributed by atoms with E-state index < -0.39 is 0 Å². The minimum absolute atomic E-state index is 0.155. The van der Waals surface area contributed by atoms with Crippen molar-refractivity contribution in [1.29, 1.82) is 0 Å². The Hall–Kier alpha value is -3.48. The Balaban J connectivity index is 1.66. The second kappa shape index (κ2) is 8.27. The van der Waals surface area contributed by atoms with Gasteiger partial charge in [0.15, 0.2) is 0 Å². The highest BCUT2D eigenvalue weighted by molar-refractivity contribution is 5.91. The summed E-state index contributed by atoms with van der Waals surface area (Å²) in [6, 6.07) is 17.3. The molecule has 3 aromatic rings. The number of amides is 1. The molecule has 1 aromatic heterocycles. The average molecular weight is 367 g/mol. The Morgan fingerprint density at radius 2 is 1.78 bits per heavy atom. The van der Waals surface area contributed by atoms with Crippen LogP contribution in [0.5, 0.6) is 5.75 Å². The normalized spacial score (nSPS) is 10.4. The third-order valence-electron chi connectivity index (χ3n) is 3.88. The molecular formula is C20H18FN3O3. The van der Waals surface area contributed by atoms with Crippen LogP contribution in [0.4, 0.5) is 4.39 Å². The smallest absolute Gasteiger partial charge is 0.274 e. The van der Waals surface area contributed by atoms with Gasteiger partial charge in [0, 0.05) is 13.1 Å². The largest absolute Gasteiger partial charge is 0.492 e. The van der Waals surface area contributed by atoms with Crippen molar-refractivity contribution < 1.29 is 13.9 Å². The van der Waals surface area contributed by atoms with E-state index in [1.807, 2.05) is 6.07 Å². The standard InChI is InChI=1S/C20H18FN3O3/c1-23(13-14-27-17-9-7-15(21)8-10-17)20(26)18-11-12-19(25)24(22-18)16-5-3-2-4-6-16/h2-12H,13-14H2,1H3. The monoisotopic (exact) mass is 367 g/mol. The Bertz CT molecular complexity index is 972. The fourth-order valence-electron chi connectivity index (χ4n) is 2.41. The van der Waals surface area contributed by atoms with E-state index in [1.54, 1.807) is 31.3 Å². The Labute approximate surface area is 155 Å². The summed E-state index contributed by atoms with van der Waals surface area (Å²) in [4.78, 5) is 26.1. The molecule has 0 fully saturated rings. The van der Waals surface area contributed by atoms with E-state index in [4.69, 9.17) is 4.74 Å². The van der Waals surface area contributed by atoms with Gasteiger partial charge in [-0.05, 0) is 42.5 Å². The number of halogens is 1. The number of nitrogens with zero attached hydrogens (tertiary/aromatic N) is 3. The Kier molecular flexibility index (Phi) is 5.61. The lowest BCUT2D eigenvalue weighted by molar-refractivity contribution is 0.0766. The zero-order valence-electron chi connectivity index (χ0n) is 14.7. The molecule has 1 amide bonds. The first kappa shape index (κ1) is 18.3. The maximum atomic E-state index is 12.9. The van der Waals surface area contributed by atoms with Gasteiger partial charge < -0.3 is 9.64 Å². The predicted molar refractivity (Wildman–Crippen MR) is 98.7 cm³/mol. The van der Waals surface area contributed by atoms with E-state index in [2.05, 4.69) is 5.10 Å². The summed E-state index contributed by atoms with van der Waals surface area (Å²) in [5.74, 6) is -0.148. The average Bonchev–Trinajstić information content (AvgIpc) is 2.70. The topological polar surface area (TPSA) is 64.4 Å². The number of para-hydroxylation sites is 1. The minimum Gasteiger partial charge on any atom is -0.492 e. The molecule has 0 saturated carbocycles. The lowest BCUT2D eigenvalue weighted by atomic mass is 10.3. The van der Waals surface area contributed by atoms with E-state index in [0.717, 1.165) is 0 Å². The maximum absolute atomic E-state index is 12.9. The lowest BCUT2D eigenvalue weighted by Crippen LogP contribution is -2.33. The van der Waals surface area contributed by atoms with Gasteiger partial charge in [-0.15, -0.1) is 0 Å². The number of ether oxygens (including phenoxy) is 1. The van der Waals surface area contributed by atoms with Crippen LogP contribution in [0.2, 0.25) is 0 Å². The van der Waals surface area contributed by atoms with Gasteiger partial charge in [-0.2, -0.15) is 9.78 Å². The van der Waals surface area contributed by atoms with Crippen LogP contribution < -0.4 is 10.3 Å². The molecule has 0 atom stereocenters. The molecule has 0 saturated heterocycles. The molecule has 0 aliphatic heterocycles. The van der Waals surface area contributed by atoms with Crippen LogP contribution in [0.15, 0.2) is 71.5 Å². The highest BCUT2D eigenvalue weighted by Gasteiger charge is 2.15. The first-order valence-electron chi connectivity index (χ1n) is 8.34. The van der Waals surface area contributed by atoms with Gasteiger partial charge in [0.1, 0.15) is 23.9 Å². The van der Waals surface area contributed by atoms with E-state index in [0.29, 0.717) is 18.0 Å². The molecule has 0 bridgehead atoms. The molecule has 0 unspecified atom stereocenters. The van der Waals surface area contributed by atoms with Crippen LogP contribution in [0.25, 0.3) is 5.69 Å². The van der Waals surface area contributed by atoms with Crippen LogP contribution in [-0.2, 0) is 0 Å². The van der Waals surface area contributed by atoms with Crippen LogP contribution in [-0.4, -0.2) is 40.8 Å². The molecular weight excluding hydrogens is 349 g/mol. The van der Waals surface area contributed by atoms with Crippen molar-refractivity contribution in [2.24, 2.45) is 0 Å². The summed E-state index contributed by atoms with van der Waals surface area (Å²) < 4.78 is 19.6. The second-order valence-corrected chi connectivity index (χ2v) is 5.83. The molecule has 0 aliphatic rings. The predicted octanol–water partition coefficient (Wildman–Crippen LogP) is 2.52. The van der Waals surface area contributed by atoms with Crippen molar-refractivity contribution >= 4 is 5.91 Å². The summed E-state index contributed by atoms with van der Waals surface area (Å²) in [5, 5.41) is 4.17. The number of hydrogen-bond acceptors (Lipinski definition) is 4. The minimum atomic E-state index is -0.339. The molecule has 27 heavy (non-hydrogen) atoms. The molecule has 7 heteroatoms. The lowest BCUT2D eigenvalue weighted by Gasteiger charge is -2.17. The van der Waals surface area contributed by atoms with E-state index in [9.17, 15) is 14.0 Å².